The lowest BCUT2D eigenvalue weighted by Gasteiger charge is -2.05. The van der Waals surface area contributed by atoms with Gasteiger partial charge >= 0.3 is 6.18 Å². The molecule has 0 saturated carbocycles. The maximum Gasteiger partial charge on any atom is 0.416 e. The van der Waals surface area contributed by atoms with Crippen molar-refractivity contribution in [3.63, 3.8) is 0 Å². The molecule has 0 N–H and O–H groups in total. The van der Waals surface area contributed by atoms with Gasteiger partial charge in [0.1, 0.15) is 12.9 Å². The Labute approximate surface area is 193 Å². The summed E-state index contributed by atoms with van der Waals surface area (Å²) in [5.74, 6) is 0.165. The molecule has 34 heavy (non-hydrogen) atoms. The van der Waals surface area contributed by atoms with Crippen LogP contribution in [0.1, 0.15) is 17.0 Å². The minimum atomic E-state index is -4.44. The van der Waals surface area contributed by atoms with Crippen molar-refractivity contribution in [2.45, 2.75) is 19.3 Å². The van der Waals surface area contributed by atoms with Gasteiger partial charge in [0.05, 0.1) is 12.1 Å². The molecule has 0 spiro atoms. The maximum atomic E-state index is 12.9. The number of benzene rings is 2. The second kappa shape index (κ2) is 8.37. The van der Waals surface area contributed by atoms with Gasteiger partial charge in [0, 0.05) is 10.6 Å². The Bertz CT molecular complexity index is 1540. The highest BCUT2D eigenvalue weighted by atomic mass is 35.5. The molecule has 5 rings (SSSR count). The zero-order valence-electron chi connectivity index (χ0n) is 17.1. The first-order valence-electron chi connectivity index (χ1n) is 9.82. The van der Waals surface area contributed by atoms with E-state index in [0.29, 0.717) is 10.6 Å². The third-order valence-corrected chi connectivity index (χ3v) is 5.38. The smallest absolute Gasteiger partial charge is 0.337 e. The van der Waals surface area contributed by atoms with E-state index in [-0.39, 0.29) is 36.0 Å². The molecular formula is C21H13ClF3N7O2. The molecule has 0 amide bonds. The van der Waals surface area contributed by atoms with E-state index in [1.54, 1.807) is 6.07 Å². The van der Waals surface area contributed by atoms with E-state index in [1.807, 2.05) is 18.2 Å². The molecule has 0 saturated heterocycles. The highest BCUT2D eigenvalue weighted by Crippen LogP contribution is 2.30. The van der Waals surface area contributed by atoms with E-state index in [1.165, 1.54) is 27.7 Å². The first-order chi connectivity index (χ1) is 16.3. The van der Waals surface area contributed by atoms with Gasteiger partial charge in [0.2, 0.25) is 11.7 Å². The average molecular weight is 488 g/mol. The number of hydrogen-bond acceptors (Lipinski definition) is 7. The van der Waals surface area contributed by atoms with Crippen LogP contribution in [-0.2, 0) is 19.3 Å². The van der Waals surface area contributed by atoms with E-state index in [4.69, 9.17) is 16.1 Å². The highest BCUT2D eigenvalue weighted by molar-refractivity contribution is 6.31. The van der Waals surface area contributed by atoms with Crippen LogP contribution in [0.15, 0.2) is 64.2 Å². The van der Waals surface area contributed by atoms with Crippen LogP contribution in [0.4, 0.5) is 13.2 Å². The molecule has 0 aliphatic carbocycles. The molecule has 0 atom stereocenters. The Kier molecular flexibility index (Phi) is 5.36. The summed E-state index contributed by atoms with van der Waals surface area (Å²) in [7, 11) is 0. The zero-order chi connectivity index (χ0) is 23.9. The lowest BCUT2D eigenvalue weighted by Crippen LogP contribution is -2.21. The second-order valence-electron chi connectivity index (χ2n) is 7.28. The van der Waals surface area contributed by atoms with Crippen LogP contribution in [0.5, 0.6) is 0 Å². The minimum absolute atomic E-state index is 0.0528. The molecule has 0 fully saturated rings. The first-order valence-corrected chi connectivity index (χ1v) is 10.2. The van der Waals surface area contributed by atoms with Gasteiger partial charge in [-0.05, 0) is 23.8 Å². The van der Waals surface area contributed by atoms with E-state index in [2.05, 4.69) is 25.4 Å². The maximum absolute atomic E-state index is 12.9. The summed E-state index contributed by atoms with van der Waals surface area (Å²) in [6, 6.07) is 11.6. The van der Waals surface area contributed by atoms with Crippen LogP contribution >= 0.6 is 11.6 Å². The molecule has 5 aromatic rings. The van der Waals surface area contributed by atoms with Gasteiger partial charge in [-0.3, -0.25) is 9.36 Å². The summed E-state index contributed by atoms with van der Waals surface area (Å²) in [6.07, 6.45) is -3.14. The van der Waals surface area contributed by atoms with Gasteiger partial charge in [0.15, 0.2) is 11.2 Å². The molecule has 3 aromatic heterocycles. The highest BCUT2D eigenvalue weighted by Gasteiger charge is 2.30. The number of halogens is 4. The Morgan fingerprint density at radius 1 is 1.03 bits per heavy atom. The fraction of sp³-hybridized carbons (Fsp3) is 0.143. The Morgan fingerprint density at radius 3 is 2.53 bits per heavy atom. The molecule has 0 aliphatic rings. The summed E-state index contributed by atoms with van der Waals surface area (Å²) in [5, 5.41) is 12.3. The molecule has 0 bridgehead atoms. The predicted molar refractivity (Wildman–Crippen MR) is 114 cm³/mol. The Balaban J connectivity index is 1.38. The minimum Gasteiger partial charge on any atom is -0.337 e. The van der Waals surface area contributed by atoms with Crippen molar-refractivity contribution < 1.29 is 17.7 Å². The monoisotopic (exact) mass is 487 g/mol. The summed E-state index contributed by atoms with van der Waals surface area (Å²) < 4.78 is 46.1. The number of nitrogens with zero attached hydrogens (tertiary/aromatic N) is 7. The van der Waals surface area contributed by atoms with E-state index in [0.717, 1.165) is 17.7 Å². The number of aromatic nitrogens is 7. The van der Waals surface area contributed by atoms with Gasteiger partial charge in [-0.1, -0.05) is 52.3 Å². The van der Waals surface area contributed by atoms with Crippen molar-refractivity contribution in [2.75, 3.05) is 0 Å². The molecule has 172 valence electrons. The molecule has 0 radical (unpaired) electrons. The van der Waals surface area contributed by atoms with Gasteiger partial charge < -0.3 is 4.52 Å². The molecule has 13 heteroatoms. The third-order valence-electron chi connectivity index (χ3n) is 5.01. The lowest BCUT2D eigenvalue weighted by atomic mass is 10.1. The van der Waals surface area contributed by atoms with Crippen molar-refractivity contribution in [2.24, 2.45) is 0 Å². The van der Waals surface area contributed by atoms with Crippen molar-refractivity contribution >= 4 is 22.8 Å². The van der Waals surface area contributed by atoms with Crippen LogP contribution in [0.2, 0.25) is 5.02 Å². The van der Waals surface area contributed by atoms with Crippen LogP contribution in [-0.4, -0.2) is 34.7 Å². The summed E-state index contributed by atoms with van der Waals surface area (Å²) >= 11 is 6.19. The third kappa shape index (κ3) is 4.15. The van der Waals surface area contributed by atoms with Crippen molar-refractivity contribution in [3.05, 3.63) is 87.3 Å². The zero-order valence-corrected chi connectivity index (χ0v) is 17.8. The Morgan fingerprint density at radius 2 is 1.79 bits per heavy atom. The fourth-order valence-corrected chi connectivity index (χ4v) is 3.48. The van der Waals surface area contributed by atoms with Crippen LogP contribution in [0, 0.1) is 0 Å². The van der Waals surface area contributed by atoms with Crippen LogP contribution < -0.4 is 5.56 Å². The normalized spacial score (nSPS) is 11.9. The largest absolute Gasteiger partial charge is 0.416 e. The van der Waals surface area contributed by atoms with E-state index in [9.17, 15) is 18.0 Å². The van der Waals surface area contributed by atoms with Crippen molar-refractivity contribution in [1.82, 2.24) is 34.7 Å². The Hall–Kier alpha value is -4.06. The number of alkyl halides is 3. The molecular weight excluding hydrogens is 475 g/mol. The van der Waals surface area contributed by atoms with Gasteiger partial charge in [-0.25, -0.2) is 9.67 Å². The summed E-state index contributed by atoms with van der Waals surface area (Å²) in [6.45, 7) is 0.180. The quantitative estimate of drug-likeness (QED) is 0.371. The molecule has 3 heterocycles. The van der Waals surface area contributed by atoms with Gasteiger partial charge in [-0.15, -0.1) is 5.10 Å². The van der Waals surface area contributed by atoms with E-state index < -0.39 is 17.3 Å². The second-order valence-corrected chi connectivity index (χ2v) is 7.68. The standard InChI is InChI=1S/C21H13ClF3N7O2/c22-15-4-2-1-3-13(15)9-32-19-17(28-30-32)20(33)31(11-26-19)10-16-27-18(29-34-16)12-5-7-14(8-6-12)21(23,24)25/h1-8,11H,9-10H2. The molecule has 0 unspecified atom stereocenters. The number of fused-ring (bicyclic) bond motifs is 1. The molecule has 0 aliphatic heterocycles. The molecule has 2 aromatic carbocycles. The number of hydrogen-bond donors (Lipinski definition) is 0. The van der Waals surface area contributed by atoms with Crippen LogP contribution in [0.25, 0.3) is 22.6 Å². The number of rotatable bonds is 5. The average Bonchev–Trinajstić information content (AvgIpc) is 3.44. The van der Waals surface area contributed by atoms with E-state index >= 15 is 0 Å². The lowest BCUT2D eigenvalue weighted by molar-refractivity contribution is -0.137. The molecule has 9 nitrogen and oxygen atoms in total. The topological polar surface area (TPSA) is 105 Å². The fourth-order valence-electron chi connectivity index (χ4n) is 3.28. The summed E-state index contributed by atoms with van der Waals surface area (Å²) in [5.41, 5.74) is 0.224. The van der Waals surface area contributed by atoms with Crippen LogP contribution in [0.3, 0.4) is 0 Å². The van der Waals surface area contributed by atoms with Gasteiger partial charge in [-0.2, -0.15) is 18.2 Å². The SMILES string of the molecule is O=c1c2nnn(Cc3ccccc3Cl)c2ncn1Cc1nc(-c2ccc(C(F)(F)F)cc2)no1. The van der Waals surface area contributed by atoms with Gasteiger partial charge in [0.25, 0.3) is 5.56 Å². The first kappa shape index (κ1) is 21.8. The predicted octanol–water partition coefficient (Wildman–Crippen LogP) is 3.81. The van der Waals surface area contributed by atoms with Crippen molar-refractivity contribution in [3.8, 4) is 11.4 Å². The summed E-state index contributed by atoms with van der Waals surface area (Å²) in [4.78, 5) is 21.3. The van der Waals surface area contributed by atoms with Crippen molar-refractivity contribution in [1.29, 1.82) is 0 Å².